The van der Waals surface area contributed by atoms with Crippen LogP contribution in [-0.4, -0.2) is 171 Å². The Morgan fingerprint density at radius 3 is 1.15 bits per heavy atom. The van der Waals surface area contributed by atoms with Crippen LogP contribution in [0.3, 0.4) is 0 Å². The first-order chi connectivity index (χ1) is 24.6. The van der Waals surface area contributed by atoms with Crippen LogP contribution in [0.25, 0.3) is 0 Å². The third-order valence-electron chi connectivity index (χ3n) is 16.4. The van der Waals surface area contributed by atoms with Gasteiger partial charge in [-0.05, 0) is 83.1 Å². The molecule has 6 unspecified atom stereocenters. The van der Waals surface area contributed by atoms with Gasteiger partial charge in [-0.1, -0.05) is 6.92 Å². The van der Waals surface area contributed by atoms with Gasteiger partial charge in [0.1, 0.15) is 39.2 Å². The predicted molar refractivity (Wildman–Crippen MR) is 201 cm³/mol. The van der Waals surface area contributed by atoms with Crippen LogP contribution in [0, 0.1) is 17.3 Å². The predicted octanol–water partition coefficient (Wildman–Crippen LogP) is -2.57. The molecule has 3 rings (SSSR count). The zero-order chi connectivity index (χ0) is 43.0. The van der Waals surface area contributed by atoms with Crippen molar-refractivity contribution in [3.63, 3.8) is 0 Å². The average Bonchev–Trinajstić information content (AvgIpc) is 3.06. The molecule has 0 aliphatic carbocycles. The van der Waals surface area contributed by atoms with Gasteiger partial charge in [-0.2, -0.15) is 0 Å². The average molecular weight is 799 g/mol. The first kappa shape index (κ1) is 48.7. The Morgan fingerprint density at radius 2 is 0.818 bits per heavy atom. The third-order valence-corrected chi connectivity index (χ3v) is 16.4. The van der Waals surface area contributed by atoms with Crippen LogP contribution in [0.4, 0.5) is 0 Å². The fraction of sp³-hybridized carbons (Fsp3) is 1.00. The van der Waals surface area contributed by atoms with Crippen LogP contribution in [0.1, 0.15) is 90.0 Å². The summed E-state index contributed by atoms with van der Waals surface area (Å²) < 4.78 is 43.7. The lowest BCUT2D eigenvalue weighted by Crippen LogP contribution is -2.96. The molecule has 15 atom stereocenters. The van der Waals surface area contributed by atoms with E-state index in [1.807, 2.05) is 6.92 Å². The SMILES string of the molecule is COC[C@]1(C)OC(C)(CO)[C@@H](COC[C@]2(C)OC(C)(CO)[C@@H](COC[C@]3(C)OC(C)(CO)[C@@](C)(COC)[C@@](C)(O)C3(C)[NH3+])[C@@](C)(O)C2(C)[NH3+])[C@@](C)(O)C1(C)[NH3+]. The summed E-state index contributed by atoms with van der Waals surface area (Å²) in [5, 5.41) is 68.9. The standard InChI is InChI=1S/C39H77N3O13/c1-27(18-43)25(34(8,46)36(10,40)31(5,53-27)22-50-15)16-51-23-32(6)37(11,41)35(9,47)26(28(2,19-44)54-32)17-52-24-33(7)38(12,42)39(13,48)29(3,21-49-14)30(4,20-45)55-33/h25-26,43-48H,16-24,40-42H2,1-15H3/p+3/t25-,26-,27?,28?,29-,30?,31+,32+,33+,34-,35-,36?,37?,38?,39-/m1/s1. The zero-order valence-electron chi connectivity index (χ0n) is 36.7. The number of aliphatic hydroxyl groups is 6. The van der Waals surface area contributed by atoms with Gasteiger partial charge in [0.2, 0.25) is 0 Å². The highest BCUT2D eigenvalue weighted by Gasteiger charge is 2.76. The summed E-state index contributed by atoms with van der Waals surface area (Å²) in [6.45, 7) is 21.2. The summed E-state index contributed by atoms with van der Waals surface area (Å²) in [6, 6.07) is 0. The lowest BCUT2D eigenvalue weighted by atomic mass is 9.51. The number of hydrogen-bond donors (Lipinski definition) is 9. The highest BCUT2D eigenvalue weighted by atomic mass is 16.6. The molecule has 0 bridgehead atoms. The Hall–Kier alpha value is -0.640. The Morgan fingerprint density at radius 1 is 0.473 bits per heavy atom. The summed E-state index contributed by atoms with van der Waals surface area (Å²) in [5.74, 6) is -1.59. The summed E-state index contributed by atoms with van der Waals surface area (Å²) in [6.07, 6.45) is 0. The molecule has 0 spiro atoms. The highest BCUT2D eigenvalue weighted by Crippen LogP contribution is 2.57. The van der Waals surface area contributed by atoms with Crippen LogP contribution in [-0.2, 0) is 33.2 Å². The number of hydrogen-bond acceptors (Lipinski definition) is 13. The fourth-order valence-electron chi connectivity index (χ4n) is 10.1. The molecule has 0 aromatic heterocycles. The maximum Gasteiger partial charge on any atom is 0.152 e. The molecule has 0 aromatic carbocycles. The summed E-state index contributed by atoms with van der Waals surface area (Å²) in [7, 11) is 3.07. The molecule has 16 nitrogen and oxygen atoms in total. The topological polar surface area (TPSA) is 269 Å². The largest absolute Gasteiger partial charge is 0.393 e. The van der Waals surface area contributed by atoms with Crippen molar-refractivity contribution in [1.29, 1.82) is 0 Å². The molecule has 3 heterocycles. The van der Waals surface area contributed by atoms with Gasteiger partial charge >= 0.3 is 0 Å². The monoisotopic (exact) mass is 799 g/mol. The molecule has 0 radical (unpaired) electrons. The second-order valence-corrected chi connectivity index (χ2v) is 20.0. The molecule has 3 fully saturated rings. The summed E-state index contributed by atoms with van der Waals surface area (Å²) >= 11 is 0. The Labute approximate surface area is 328 Å². The number of ether oxygens (including phenoxy) is 7. The Kier molecular flexibility index (Phi) is 13.1. The molecule has 0 amide bonds. The van der Waals surface area contributed by atoms with E-state index >= 15 is 0 Å². The maximum absolute atomic E-state index is 12.5. The van der Waals surface area contributed by atoms with Gasteiger partial charge in [-0.25, -0.2) is 0 Å². The van der Waals surface area contributed by atoms with Gasteiger partial charge in [0, 0.05) is 26.1 Å². The molecule has 3 aliphatic heterocycles. The normalized spacial score (nSPS) is 54.8. The molecule has 3 saturated heterocycles. The van der Waals surface area contributed by atoms with Crippen molar-refractivity contribution in [2.75, 3.05) is 73.7 Å². The van der Waals surface area contributed by atoms with E-state index in [2.05, 4.69) is 17.2 Å². The number of rotatable bonds is 15. The smallest absolute Gasteiger partial charge is 0.152 e. The lowest BCUT2D eigenvalue weighted by molar-refractivity contribution is -0.581. The first-order valence-corrected chi connectivity index (χ1v) is 19.4. The molecule has 3 aliphatic rings. The van der Waals surface area contributed by atoms with Crippen molar-refractivity contribution < 1.29 is 81.0 Å². The van der Waals surface area contributed by atoms with Gasteiger partial charge in [0.25, 0.3) is 0 Å². The zero-order valence-corrected chi connectivity index (χ0v) is 36.7. The molecular weight excluding hydrogens is 718 g/mol. The molecular formula is C39H80N3O13+3. The maximum atomic E-state index is 12.5. The van der Waals surface area contributed by atoms with E-state index in [4.69, 9.17) is 33.2 Å². The van der Waals surface area contributed by atoms with Crippen LogP contribution in [0.5, 0.6) is 0 Å². The first-order valence-electron chi connectivity index (χ1n) is 19.4. The van der Waals surface area contributed by atoms with E-state index in [9.17, 15) is 30.6 Å². The van der Waals surface area contributed by atoms with Crippen molar-refractivity contribution in [2.45, 2.75) is 157 Å². The second kappa shape index (κ2) is 14.8. The minimum atomic E-state index is -1.63. The van der Waals surface area contributed by atoms with Gasteiger partial charge in [0.15, 0.2) is 16.6 Å². The molecule has 16 heteroatoms. The molecule has 0 saturated carbocycles. The van der Waals surface area contributed by atoms with Crippen LogP contribution >= 0.6 is 0 Å². The molecule has 55 heavy (non-hydrogen) atoms. The van der Waals surface area contributed by atoms with Crippen molar-refractivity contribution in [2.24, 2.45) is 17.3 Å². The quantitative estimate of drug-likeness (QED) is 0.0826. The van der Waals surface area contributed by atoms with Crippen molar-refractivity contribution in [3.05, 3.63) is 0 Å². The van der Waals surface area contributed by atoms with Crippen LogP contribution < -0.4 is 17.2 Å². The fourth-order valence-corrected chi connectivity index (χ4v) is 10.1. The van der Waals surface area contributed by atoms with E-state index < -0.39 is 104 Å². The summed E-state index contributed by atoms with van der Waals surface area (Å²) in [5.41, 5.74) is -3.43. The van der Waals surface area contributed by atoms with Gasteiger partial charge in [0.05, 0.1) is 76.1 Å². The number of aliphatic hydroxyl groups excluding tert-OH is 3. The molecule has 0 aromatic rings. The Bertz CT molecular complexity index is 1360. The van der Waals surface area contributed by atoms with Gasteiger partial charge in [-0.15, -0.1) is 0 Å². The highest BCUT2D eigenvalue weighted by molar-refractivity contribution is 5.23. The van der Waals surface area contributed by atoms with Crippen molar-refractivity contribution in [3.8, 4) is 0 Å². The molecule has 326 valence electrons. The van der Waals surface area contributed by atoms with Gasteiger partial charge in [-0.3, -0.25) is 0 Å². The lowest BCUT2D eigenvalue weighted by Gasteiger charge is -2.66. The van der Waals surface area contributed by atoms with Crippen molar-refractivity contribution >= 4 is 0 Å². The van der Waals surface area contributed by atoms with Gasteiger partial charge < -0.3 is 81.0 Å². The molecule has 15 N–H and O–H groups in total. The van der Waals surface area contributed by atoms with Crippen molar-refractivity contribution in [1.82, 2.24) is 0 Å². The number of quaternary nitrogens is 3. The minimum Gasteiger partial charge on any atom is -0.393 e. The van der Waals surface area contributed by atoms with Crippen LogP contribution in [0.15, 0.2) is 0 Å². The minimum absolute atomic E-state index is 0.0693. The number of methoxy groups -OCH3 is 2. The summed E-state index contributed by atoms with van der Waals surface area (Å²) in [4.78, 5) is 0. The third kappa shape index (κ3) is 6.75. The van der Waals surface area contributed by atoms with E-state index in [-0.39, 0.29) is 39.6 Å². The van der Waals surface area contributed by atoms with E-state index in [0.717, 1.165) is 0 Å². The van der Waals surface area contributed by atoms with E-state index in [1.54, 1.807) is 90.2 Å². The van der Waals surface area contributed by atoms with E-state index in [1.165, 1.54) is 7.11 Å². The van der Waals surface area contributed by atoms with Crippen LogP contribution in [0.2, 0.25) is 0 Å². The van der Waals surface area contributed by atoms with E-state index in [0.29, 0.717) is 0 Å². The Balaban J connectivity index is 1.89. The second-order valence-electron chi connectivity index (χ2n) is 20.0.